The summed E-state index contributed by atoms with van der Waals surface area (Å²) in [5.74, 6) is -0.118. The molecule has 0 atom stereocenters. The Hall–Kier alpha value is -3.66. The number of carbonyl (C=O) groups excluding carboxylic acids is 1. The van der Waals surface area contributed by atoms with Crippen LogP contribution < -0.4 is 16.2 Å². The van der Waals surface area contributed by atoms with Crippen molar-refractivity contribution in [2.75, 3.05) is 10.7 Å². The maximum atomic E-state index is 12.1. The van der Waals surface area contributed by atoms with E-state index in [1.165, 1.54) is 18.4 Å². The number of halogens is 1. The number of aromatic nitrogens is 2. The Kier molecular flexibility index (Phi) is 5.47. The zero-order chi connectivity index (χ0) is 19.2. The normalized spacial score (nSPS) is 10.3. The third-order valence-electron chi connectivity index (χ3n) is 3.42. The fraction of sp³-hybridized carbons (Fsp3) is 0.0625. The lowest BCUT2D eigenvalue weighted by Crippen LogP contribution is -2.30. The van der Waals surface area contributed by atoms with E-state index in [4.69, 9.17) is 16.0 Å². The number of hydrogen-bond donors (Lipinski definition) is 3. The van der Waals surface area contributed by atoms with Crippen molar-refractivity contribution in [1.82, 2.24) is 15.4 Å². The molecular formula is C16H13ClN6O4. The van der Waals surface area contributed by atoms with Gasteiger partial charge in [-0.15, -0.1) is 0 Å². The lowest BCUT2D eigenvalue weighted by atomic mass is 10.2. The van der Waals surface area contributed by atoms with Gasteiger partial charge in [-0.2, -0.15) is 0 Å². The second-order valence-corrected chi connectivity index (χ2v) is 5.63. The summed E-state index contributed by atoms with van der Waals surface area (Å²) in [6.07, 6.45) is 2.62. The molecule has 0 saturated carbocycles. The Morgan fingerprint density at radius 1 is 1.19 bits per heavy atom. The number of amides is 1. The zero-order valence-corrected chi connectivity index (χ0v) is 14.4. The molecule has 0 saturated heterocycles. The predicted octanol–water partition coefficient (Wildman–Crippen LogP) is 3.00. The first-order valence-corrected chi connectivity index (χ1v) is 8.00. The minimum absolute atomic E-state index is 0.0189. The first-order valence-electron chi connectivity index (χ1n) is 7.62. The molecule has 0 aliphatic carbocycles. The topological polar surface area (TPSA) is 135 Å². The molecule has 10 nitrogen and oxygen atoms in total. The van der Waals surface area contributed by atoms with Crippen molar-refractivity contribution in [2.24, 2.45) is 0 Å². The van der Waals surface area contributed by atoms with Crippen LogP contribution in [0.1, 0.15) is 16.1 Å². The first kappa shape index (κ1) is 18.1. The molecule has 0 aliphatic rings. The average molecular weight is 389 g/mol. The summed E-state index contributed by atoms with van der Waals surface area (Å²) in [6, 6.07) is 9.56. The van der Waals surface area contributed by atoms with E-state index < -0.39 is 16.5 Å². The number of benzene rings is 1. The molecule has 1 aromatic carbocycles. The van der Waals surface area contributed by atoms with Crippen molar-refractivity contribution < 1.29 is 14.1 Å². The fourth-order valence-corrected chi connectivity index (χ4v) is 2.27. The highest BCUT2D eigenvalue weighted by Gasteiger charge is 2.23. The molecule has 0 spiro atoms. The number of hydrogen-bond acceptors (Lipinski definition) is 8. The van der Waals surface area contributed by atoms with Gasteiger partial charge in [0.1, 0.15) is 12.1 Å². The summed E-state index contributed by atoms with van der Waals surface area (Å²) in [7, 11) is 0. The number of carbonyl (C=O) groups is 1. The van der Waals surface area contributed by atoms with Gasteiger partial charge in [0.2, 0.25) is 11.6 Å². The van der Waals surface area contributed by atoms with Crippen LogP contribution in [0.15, 0.2) is 53.4 Å². The number of anilines is 2. The highest BCUT2D eigenvalue weighted by molar-refractivity contribution is 6.30. The number of furan rings is 1. The van der Waals surface area contributed by atoms with E-state index in [9.17, 15) is 14.9 Å². The minimum atomic E-state index is -0.652. The van der Waals surface area contributed by atoms with Crippen molar-refractivity contribution in [1.29, 1.82) is 0 Å². The summed E-state index contributed by atoms with van der Waals surface area (Å²) in [5, 5.41) is 14.7. The molecule has 0 radical (unpaired) electrons. The quantitative estimate of drug-likeness (QED) is 0.415. The van der Waals surface area contributed by atoms with Crippen molar-refractivity contribution >= 4 is 34.8 Å². The monoisotopic (exact) mass is 388 g/mol. The SMILES string of the molecule is O=C(NNc1ncnc(NCc2ccco2)c1[N+](=O)[O-])c1ccc(Cl)cc1. The van der Waals surface area contributed by atoms with Crippen molar-refractivity contribution in [3.8, 4) is 0 Å². The molecule has 2 heterocycles. The molecule has 0 fully saturated rings. The summed E-state index contributed by atoms with van der Waals surface area (Å²) in [5.41, 5.74) is 4.71. The Morgan fingerprint density at radius 3 is 2.59 bits per heavy atom. The smallest absolute Gasteiger partial charge is 0.354 e. The number of nitro groups is 1. The van der Waals surface area contributed by atoms with E-state index in [2.05, 4.69) is 26.1 Å². The van der Waals surface area contributed by atoms with Gasteiger partial charge < -0.3 is 9.73 Å². The lowest BCUT2D eigenvalue weighted by molar-refractivity contribution is -0.383. The van der Waals surface area contributed by atoms with Crippen LogP contribution in [0, 0.1) is 10.1 Å². The van der Waals surface area contributed by atoms with E-state index in [-0.39, 0.29) is 18.2 Å². The van der Waals surface area contributed by atoms with Gasteiger partial charge >= 0.3 is 5.69 Å². The van der Waals surface area contributed by atoms with Crippen LogP contribution in [-0.2, 0) is 6.54 Å². The molecule has 0 bridgehead atoms. The summed E-state index contributed by atoms with van der Waals surface area (Å²) < 4.78 is 5.16. The zero-order valence-electron chi connectivity index (χ0n) is 13.7. The van der Waals surface area contributed by atoms with Crippen LogP contribution in [0.5, 0.6) is 0 Å². The average Bonchev–Trinajstić information content (AvgIpc) is 3.18. The van der Waals surface area contributed by atoms with Crippen molar-refractivity contribution in [2.45, 2.75) is 6.54 Å². The van der Waals surface area contributed by atoms with Crippen LogP contribution >= 0.6 is 11.6 Å². The van der Waals surface area contributed by atoms with E-state index >= 15 is 0 Å². The van der Waals surface area contributed by atoms with Gasteiger partial charge in [-0.3, -0.25) is 25.8 Å². The molecule has 0 aliphatic heterocycles. The summed E-state index contributed by atoms with van der Waals surface area (Å²) >= 11 is 5.78. The van der Waals surface area contributed by atoms with Crippen LogP contribution in [-0.4, -0.2) is 20.8 Å². The lowest BCUT2D eigenvalue weighted by Gasteiger charge is -2.10. The largest absolute Gasteiger partial charge is 0.467 e. The first-order chi connectivity index (χ1) is 13.0. The molecule has 0 unspecified atom stereocenters. The van der Waals surface area contributed by atoms with Gasteiger partial charge in [0.15, 0.2) is 0 Å². The van der Waals surface area contributed by atoms with Gasteiger partial charge in [0.05, 0.1) is 17.7 Å². The van der Waals surface area contributed by atoms with Crippen LogP contribution in [0.3, 0.4) is 0 Å². The van der Waals surface area contributed by atoms with Gasteiger partial charge in [-0.05, 0) is 36.4 Å². The maximum absolute atomic E-state index is 12.1. The number of nitrogens with one attached hydrogen (secondary N) is 3. The van der Waals surface area contributed by atoms with E-state index in [0.717, 1.165) is 6.33 Å². The second kappa shape index (κ2) is 8.15. The van der Waals surface area contributed by atoms with Gasteiger partial charge in [-0.1, -0.05) is 11.6 Å². The third-order valence-corrected chi connectivity index (χ3v) is 3.67. The Balaban J connectivity index is 1.74. The summed E-state index contributed by atoms with van der Waals surface area (Å²) in [4.78, 5) is 30.6. The van der Waals surface area contributed by atoms with Crippen LogP contribution in [0.4, 0.5) is 17.3 Å². The Labute approximate surface area is 157 Å². The number of nitrogens with zero attached hydrogens (tertiary/aromatic N) is 3. The highest BCUT2D eigenvalue weighted by atomic mass is 35.5. The maximum Gasteiger partial charge on any atom is 0.354 e. The van der Waals surface area contributed by atoms with Crippen molar-refractivity contribution in [3.05, 3.63) is 75.4 Å². The third kappa shape index (κ3) is 4.50. The van der Waals surface area contributed by atoms with Crippen LogP contribution in [0.2, 0.25) is 5.02 Å². The molecule has 3 rings (SSSR count). The molecular weight excluding hydrogens is 376 g/mol. The van der Waals surface area contributed by atoms with Gasteiger partial charge in [-0.25, -0.2) is 9.97 Å². The Morgan fingerprint density at radius 2 is 1.93 bits per heavy atom. The minimum Gasteiger partial charge on any atom is -0.467 e. The van der Waals surface area contributed by atoms with Gasteiger partial charge in [0.25, 0.3) is 5.91 Å². The molecule has 3 aromatic rings. The molecule has 27 heavy (non-hydrogen) atoms. The molecule has 2 aromatic heterocycles. The molecule has 3 N–H and O–H groups in total. The fourth-order valence-electron chi connectivity index (χ4n) is 2.15. The number of hydrazine groups is 1. The molecule has 1 amide bonds. The summed E-state index contributed by atoms with van der Waals surface area (Å²) in [6.45, 7) is 0.196. The van der Waals surface area contributed by atoms with E-state index in [0.29, 0.717) is 16.3 Å². The van der Waals surface area contributed by atoms with E-state index in [1.54, 1.807) is 24.3 Å². The number of rotatable bonds is 7. The molecule has 11 heteroatoms. The molecule has 138 valence electrons. The van der Waals surface area contributed by atoms with Gasteiger partial charge in [0, 0.05) is 10.6 Å². The van der Waals surface area contributed by atoms with E-state index in [1.807, 2.05) is 0 Å². The highest BCUT2D eigenvalue weighted by Crippen LogP contribution is 2.28. The standard InChI is InChI=1S/C16H13ClN6O4/c17-11-5-3-10(4-6-11)16(24)22-21-15-13(23(25)26)14(19-9-20-15)18-8-12-2-1-7-27-12/h1-7,9H,8H2,(H,22,24)(H2,18,19,20,21). The van der Waals surface area contributed by atoms with Crippen LogP contribution in [0.25, 0.3) is 0 Å². The second-order valence-electron chi connectivity index (χ2n) is 5.20. The Bertz CT molecular complexity index is 946. The predicted molar refractivity (Wildman–Crippen MR) is 97.3 cm³/mol. The van der Waals surface area contributed by atoms with Crippen molar-refractivity contribution in [3.63, 3.8) is 0 Å².